The van der Waals surface area contributed by atoms with Crippen LogP contribution in [-0.4, -0.2) is 27.7 Å². The van der Waals surface area contributed by atoms with Gasteiger partial charge in [0.2, 0.25) is 4.77 Å². The molecular formula is C17H16N4O2S. The summed E-state index contributed by atoms with van der Waals surface area (Å²) in [6.07, 6.45) is 6.83. The Kier molecular flexibility index (Phi) is 5.02. The molecule has 3 rings (SSSR count). The topological polar surface area (TPSA) is 68.3 Å². The summed E-state index contributed by atoms with van der Waals surface area (Å²) in [6.45, 7) is 2.58. The van der Waals surface area contributed by atoms with E-state index < -0.39 is 0 Å². The first-order valence-corrected chi connectivity index (χ1v) is 7.84. The van der Waals surface area contributed by atoms with E-state index in [1.165, 1.54) is 0 Å². The van der Waals surface area contributed by atoms with Crippen LogP contribution in [0.1, 0.15) is 12.7 Å². The molecule has 6 nitrogen and oxygen atoms in total. The third kappa shape index (κ3) is 3.69. The van der Waals surface area contributed by atoms with Crippen LogP contribution in [0.15, 0.2) is 58.3 Å². The highest BCUT2D eigenvalue weighted by molar-refractivity contribution is 7.71. The zero-order valence-corrected chi connectivity index (χ0v) is 13.9. The average Bonchev–Trinajstić information content (AvgIpc) is 3.23. The van der Waals surface area contributed by atoms with E-state index in [1.807, 2.05) is 49.4 Å². The number of hydrogen-bond acceptors (Lipinski definition) is 5. The molecule has 2 heterocycles. The maximum absolute atomic E-state index is 5.44. The lowest BCUT2D eigenvalue weighted by Gasteiger charge is -2.04. The zero-order chi connectivity index (χ0) is 16.8. The van der Waals surface area contributed by atoms with Gasteiger partial charge in [-0.1, -0.05) is 0 Å². The van der Waals surface area contributed by atoms with E-state index in [0.717, 1.165) is 17.1 Å². The molecular weight excluding hydrogens is 324 g/mol. The molecule has 3 aromatic rings. The van der Waals surface area contributed by atoms with Crippen molar-refractivity contribution in [3.05, 3.63) is 59.3 Å². The van der Waals surface area contributed by atoms with Gasteiger partial charge >= 0.3 is 0 Å². The van der Waals surface area contributed by atoms with Crippen molar-refractivity contribution in [1.29, 1.82) is 0 Å². The van der Waals surface area contributed by atoms with Crippen LogP contribution in [0.2, 0.25) is 0 Å². The minimum absolute atomic E-state index is 0.418. The summed E-state index contributed by atoms with van der Waals surface area (Å²) in [5, 5.41) is 11.3. The van der Waals surface area contributed by atoms with Crippen LogP contribution < -0.4 is 4.74 Å². The van der Waals surface area contributed by atoms with E-state index in [4.69, 9.17) is 21.4 Å². The maximum atomic E-state index is 5.44. The number of hydrogen-bond donors (Lipinski definition) is 1. The lowest BCUT2D eigenvalue weighted by atomic mass is 10.2. The number of furan rings is 1. The van der Waals surface area contributed by atoms with Gasteiger partial charge in [0, 0.05) is 11.8 Å². The van der Waals surface area contributed by atoms with Gasteiger partial charge in [-0.15, -0.1) is 0 Å². The standard InChI is InChI=1S/C17H16N4O2S/c1-2-22-15-9-7-13(8-10-15)16-19-20-17(24)21(16)18-11-3-5-14-6-4-12-23-14/h3-12H,2H2,1H3,(H,20,24). The minimum Gasteiger partial charge on any atom is -0.494 e. The van der Waals surface area contributed by atoms with Crippen LogP contribution >= 0.6 is 12.2 Å². The highest BCUT2D eigenvalue weighted by Crippen LogP contribution is 2.21. The number of allylic oxidation sites excluding steroid dienone is 1. The third-order valence-corrected chi connectivity index (χ3v) is 3.41. The monoisotopic (exact) mass is 340 g/mol. The normalized spacial score (nSPS) is 11.5. The number of aromatic nitrogens is 3. The van der Waals surface area contributed by atoms with Gasteiger partial charge in [-0.25, -0.2) is 5.10 Å². The number of rotatable bonds is 6. The molecule has 1 aromatic carbocycles. The van der Waals surface area contributed by atoms with Crippen molar-refractivity contribution in [1.82, 2.24) is 14.9 Å². The van der Waals surface area contributed by atoms with Crippen LogP contribution in [0.25, 0.3) is 17.5 Å². The lowest BCUT2D eigenvalue weighted by molar-refractivity contribution is 0.340. The predicted octanol–water partition coefficient (Wildman–Crippen LogP) is 4.15. The van der Waals surface area contributed by atoms with Gasteiger partial charge in [0.1, 0.15) is 11.5 Å². The zero-order valence-electron chi connectivity index (χ0n) is 13.0. The molecule has 0 spiro atoms. The van der Waals surface area contributed by atoms with Crippen LogP contribution in [0.4, 0.5) is 0 Å². The molecule has 0 fully saturated rings. The van der Waals surface area contributed by atoms with E-state index in [1.54, 1.807) is 23.2 Å². The Labute approximate surface area is 144 Å². The highest BCUT2D eigenvalue weighted by Gasteiger charge is 2.07. The molecule has 0 aliphatic heterocycles. The van der Waals surface area contributed by atoms with E-state index in [0.29, 0.717) is 17.2 Å². The van der Waals surface area contributed by atoms with E-state index >= 15 is 0 Å². The number of nitrogens with one attached hydrogen (secondary N) is 1. The van der Waals surface area contributed by atoms with Crippen molar-refractivity contribution in [2.45, 2.75) is 6.92 Å². The second-order valence-corrected chi connectivity index (χ2v) is 5.15. The SMILES string of the molecule is CCOc1ccc(-c2n[nH]c(=S)n2N=CC=Cc2ccco2)cc1. The summed E-state index contributed by atoms with van der Waals surface area (Å²) in [6, 6.07) is 11.3. The summed E-state index contributed by atoms with van der Waals surface area (Å²) in [7, 11) is 0. The van der Waals surface area contributed by atoms with Gasteiger partial charge < -0.3 is 9.15 Å². The molecule has 0 radical (unpaired) electrons. The number of H-pyrrole nitrogens is 1. The Balaban J connectivity index is 1.82. The van der Waals surface area contributed by atoms with Crippen LogP contribution in [0, 0.1) is 4.77 Å². The van der Waals surface area contributed by atoms with Crippen LogP contribution in [-0.2, 0) is 0 Å². The largest absolute Gasteiger partial charge is 0.494 e. The van der Waals surface area contributed by atoms with Crippen LogP contribution in [0.5, 0.6) is 5.75 Å². The molecule has 0 atom stereocenters. The predicted molar refractivity (Wildman–Crippen MR) is 95.6 cm³/mol. The van der Waals surface area contributed by atoms with Gasteiger partial charge in [0.25, 0.3) is 0 Å². The summed E-state index contributed by atoms with van der Waals surface area (Å²) in [5.41, 5.74) is 0.887. The molecule has 0 bridgehead atoms. The van der Waals surface area contributed by atoms with E-state index in [-0.39, 0.29) is 0 Å². The molecule has 24 heavy (non-hydrogen) atoms. The Morgan fingerprint density at radius 3 is 2.88 bits per heavy atom. The molecule has 0 unspecified atom stereocenters. The molecule has 0 saturated heterocycles. The van der Waals surface area contributed by atoms with Crippen molar-refractivity contribution < 1.29 is 9.15 Å². The van der Waals surface area contributed by atoms with Crippen molar-refractivity contribution in [2.75, 3.05) is 6.61 Å². The number of nitrogens with zero attached hydrogens (tertiary/aromatic N) is 3. The fourth-order valence-electron chi connectivity index (χ4n) is 2.08. The summed E-state index contributed by atoms with van der Waals surface area (Å²) in [4.78, 5) is 0. The minimum atomic E-state index is 0.418. The smallest absolute Gasteiger partial charge is 0.216 e. The van der Waals surface area contributed by atoms with Crippen LogP contribution in [0.3, 0.4) is 0 Å². The molecule has 2 aromatic heterocycles. The first kappa shape index (κ1) is 15.9. The summed E-state index contributed by atoms with van der Waals surface area (Å²) < 4.78 is 12.6. The Hall–Kier alpha value is -2.93. The molecule has 7 heteroatoms. The molecule has 122 valence electrons. The van der Waals surface area contributed by atoms with Crippen molar-refractivity contribution in [3.63, 3.8) is 0 Å². The highest BCUT2D eigenvalue weighted by atomic mass is 32.1. The third-order valence-electron chi connectivity index (χ3n) is 3.15. The van der Waals surface area contributed by atoms with Gasteiger partial charge in [-0.05, 0) is 67.7 Å². The number of aromatic amines is 1. The second-order valence-electron chi connectivity index (χ2n) is 4.76. The summed E-state index contributed by atoms with van der Waals surface area (Å²) in [5.74, 6) is 2.20. The fraction of sp³-hybridized carbons (Fsp3) is 0.118. The summed E-state index contributed by atoms with van der Waals surface area (Å²) >= 11 is 5.23. The first-order chi connectivity index (χ1) is 11.8. The average molecular weight is 340 g/mol. The molecule has 1 N–H and O–H groups in total. The van der Waals surface area contributed by atoms with Gasteiger partial charge in [0.15, 0.2) is 5.82 Å². The van der Waals surface area contributed by atoms with Crippen molar-refractivity contribution in [3.8, 4) is 17.1 Å². The molecule has 0 saturated carbocycles. The maximum Gasteiger partial charge on any atom is 0.216 e. The lowest BCUT2D eigenvalue weighted by Crippen LogP contribution is -1.94. The van der Waals surface area contributed by atoms with Crippen molar-refractivity contribution in [2.24, 2.45) is 5.10 Å². The molecule has 0 aliphatic rings. The Morgan fingerprint density at radius 1 is 1.33 bits per heavy atom. The fourth-order valence-corrected chi connectivity index (χ4v) is 2.26. The number of ether oxygens (including phenoxy) is 1. The first-order valence-electron chi connectivity index (χ1n) is 7.43. The van der Waals surface area contributed by atoms with Crippen molar-refractivity contribution >= 4 is 24.5 Å². The Morgan fingerprint density at radius 2 is 2.17 bits per heavy atom. The van der Waals surface area contributed by atoms with E-state index in [9.17, 15) is 0 Å². The Bertz CT molecular complexity index is 890. The number of benzene rings is 1. The van der Waals surface area contributed by atoms with Gasteiger partial charge in [-0.3, -0.25) is 0 Å². The second kappa shape index (κ2) is 7.56. The van der Waals surface area contributed by atoms with Gasteiger partial charge in [0.05, 0.1) is 12.9 Å². The van der Waals surface area contributed by atoms with E-state index in [2.05, 4.69) is 15.3 Å². The quantitative estimate of drug-likeness (QED) is 0.541. The molecule has 0 amide bonds. The van der Waals surface area contributed by atoms with Gasteiger partial charge in [-0.2, -0.15) is 14.9 Å². The molecule has 0 aliphatic carbocycles.